The monoisotopic (exact) mass is 618 g/mol. The molecule has 0 N–H and O–H groups in total. The molecule has 1 heterocycles. The molecule has 218 valence electrons. The predicted octanol–water partition coefficient (Wildman–Crippen LogP) is 8.88. The SMILES string of the molecule is [C-]#[N+]/C(C#N)=C1/c2cc(-c3ccc(C#N)c(F)c3)ccc2-c2nc3c(nc21)-c1ccc(-c2ccc([N+]#[C-])c(F)c2)cc1/C3=C(/C#N)[N+]#[C-]. The summed E-state index contributed by atoms with van der Waals surface area (Å²) in [6.07, 6.45) is 0. The van der Waals surface area contributed by atoms with Crippen molar-refractivity contribution < 1.29 is 8.78 Å². The first-order valence-corrected chi connectivity index (χ1v) is 14.0. The van der Waals surface area contributed by atoms with Gasteiger partial charge in [0.05, 0.1) is 60.2 Å². The van der Waals surface area contributed by atoms with Gasteiger partial charge in [-0.05, 0) is 63.7 Å². The number of nitrogens with zero attached hydrogens (tertiary/aromatic N) is 8. The highest BCUT2D eigenvalue weighted by Gasteiger charge is 2.36. The second kappa shape index (κ2) is 11.0. The largest absolute Gasteiger partial charge is 0.271 e. The van der Waals surface area contributed by atoms with Gasteiger partial charge in [0.2, 0.25) is 5.69 Å². The maximum absolute atomic E-state index is 14.5. The molecular formula is C38H12F2N8. The molecule has 0 aliphatic heterocycles. The summed E-state index contributed by atoms with van der Waals surface area (Å²) in [6.45, 7) is 22.6. The Morgan fingerprint density at radius 3 is 1.44 bits per heavy atom. The van der Waals surface area contributed by atoms with Crippen LogP contribution < -0.4 is 0 Å². The minimum Gasteiger partial charge on any atom is -0.245 e. The topological polar surface area (TPSA) is 110 Å². The summed E-state index contributed by atoms with van der Waals surface area (Å²) in [5.41, 5.74) is 5.08. The van der Waals surface area contributed by atoms with Crippen LogP contribution in [0, 0.1) is 65.3 Å². The first-order chi connectivity index (χ1) is 23.3. The molecule has 7 rings (SSSR count). The van der Waals surface area contributed by atoms with E-state index in [4.69, 9.17) is 34.9 Å². The van der Waals surface area contributed by atoms with Gasteiger partial charge in [0.1, 0.15) is 17.7 Å². The Balaban J connectivity index is 1.46. The van der Waals surface area contributed by atoms with Crippen LogP contribution in [0.3, 0.4) is 0 Å². The van der Waals surface area contributed by atoms with Gasteiger partial charge in [-0.2, -0.15) is 5.26 Å². The van der Waals surface area contributed by atoms with E-state index in [1.807, 2.05) is 12.1 Å². The third-order valence-corrected chi connectivity index (χ3v) is 8.19. The highest BCUT2D eigenvalue weighted by molar-refractivity contribution is 6.07. The molecule has 2 aliphatic carbocycles. The van der Waals surface area contributed by atoms with Crippen LogP contribution in [-0.4, -0.2) is 9.97 Å². The molecule has 4 aromatic carbocycles. The molecule has 5 aromatic rings. The van der Waals surface area contributed by atoms with Crippen molar-refractivity contribution in [3.63, 3.8) is 0 Å². The zero-order valence-corrected chi connectivity index (χ0v) is 24.3. The lowest BCUT2D eigenvalue weighted by Gasteiger charge is -2.08. The average Bonchev–Trinajstić information content (AvgIpc) is 3.59. The van der Waals surface area contributed by atoms with Crippen molar-refractivity contribution >= 4 is 16.8 Å². The number of allylic oxidation sites excluding steroid dienone is 2. The van der Waals surface area contributed by atoms with Gasteiger partial charge in [0.15, 0.2) is 0 Å². The van der Waals surface area contributed by atoms with E-state index >= 15 is 0 Å². The lowest BCUT2D eigenvalue weighted by Crippen LogP contribution is -1.98. The third kappa shape index (κ3) is 4.21. The molecule has 0 spiro atoms. The zero-order chi connectivity index (χ0) is 33.7. The van der Waals surface area contributed by atoms with Crippen LogP contribution >= 0.6 is 0 Å². The van der Waals surface area contributed by atoms with Gasteiger partial charge >= 0.3 is 0 Å². The highest BCUT2D eigenvalue weighted by atomic mass is 19.1. The van der Waals surface area contributed by atoms with E-state index in [-0.39, 0.29) is 45.2 Å². The Morgan fingerprint density at radius 1 is 0.562 bits per heavy atom. The van der Waals surface area contributed by atoms with Crippen LogP contribution in [0.15, 0.2) is 84.2 Å². The predicted molar refractivity (Wildman–Crippen MR) is 171 cm³/mol. The molecule has 2 aliphatic rings. The van der Waals surface area contributed by atoms with Gasteiger partial charge in [-0.25, -0.2) is 43.8 Å². The number of aromatic nitrogens is 2. The number of hydrogen-bond donors (Lipinski definition) is 0. The van der Waals surface area contributed by atoms with E-state index in [9.17, 15) is 19.3 Å². The summed E-state index contributed by atoms with van der Waals surface area (Å²) in [4.78, 5) is 19.9. The Bertz CT molecular complexity index is 2440. The van der Waals surface area contributed by atoms with Crippen LogP contribution in [0.5, 0.6) is 0 Å². The van der Waals surface area contributed by atoms with Crippen molar-refractivity contribution in [3.8, 4) is 63.0 Å². The van der Waals surface area contributed by atoms with Crippen molar-refractivity contribution in [2.75, 3.05) is 0 Å². The summed E-state index contributed by atoms with van der Waals surface area (Å²) < 4.78 is 29.0. The summed E-state index contributed by atoms with van der Waals surface area (Å²) >= 11 is 0. The van der Waals surface area contributed by atoms with Gasteiger partial charge in [-0.1, -0.05) is 42.5 Å². The summed E-state index contributed by atoms with van der Waals surface area (Å²) in [6, 6.07) is 24.4. The molecule has 0 fully saturated rings. The molecule has 0 saturated heterocycles. The lowest BCUT2D eigenvalue weighted by atomic mass is 9.96. The number of halogens is 2. The van der Waals surface area contributed by atoms with E-state index in [1.165, 1.54) is 24.3 Å². The van der Waals surface area contributed by atoms with E-state index < -0.39 is 11.6 Å². The number of fused-ring (bicyclic) bond motifs is 6. The first-order valence-electron chi connectivity index (χ1n) is 14.0. The molecular weight excluding hydrogens is 606 g/mol. The van der Waals surface area contributed by atoms with Crippen molar-refractivity contribution in [2.24, 2.45) is 0 Å². The molecule has 0 amide bonds. The standard InChI is InChI=1S/C38H12F2N8/c1-44-30-11-8-22(15-29(30)40)20-7-10-25-27(13-20)34(32(18-43)46-3)38-36(25)48-37-33(31(17-42)45-2)26-12-19(6-9-24(26)35(37)47-38)21-4-5-23(16-41)28(39)14-21/h4-15H/b33-31-,34-32+. The van der Waals surface area contributed by atoms with E-state index in [1.54, 1.807) is 54.6 Å². The van der Waals surface area contributed by atoms with Crippen LogP contribution in [0.2, 0.25) is 0 Å². The van der Waals surface area contributed by atoms with Gasteiger partial charge in [-0.3, -0.25) is 0 Å². The molecule has 0 atom stereocenters. The number of hydrogen-bond acceptors (Lipinski definition) is 5. The fourth-order valence-corrected chi connectivity index (χ4v) is 6.00. The number of nitriles is 3. The van der Waals surface area contributed by atoms with Gasteiger partial charge in [-0.15, -0.1) is 0 Å². The fourth-order valence-electron chi connectivity index (χ4n) is 6.00. The summed E-state index contributed by atoms with van der Waals surface area (Å²) in [5, 5.41) is 29.1. The molecule has 0 radical (unpaired) electrons. The Kier molecular flexibility index (Phi) is 6.64. The van der Waals surface area contributed by atoms with E-state index in [0.717, 1.165) is 0 Å². The summed E-state index contributed by atoms with van der Waals surface area (Å²) in [7, 11) is 0. The number of benzene rings is 4. The second-order valence-electron chi connectivity index (χ2n) is 10.6. The van der Waals surface area contributed by atoms with Crippen LogP contribution in [0.25, 0.3) is 70.4 Å². The van der Waals surface area contributed by atoms with Gasteiger partial charge in [0, 0.05) is 22.3 Å². The molecule has 10 heteroatoms. The van der Waals surface area contributed by atoms with Gasteiger partial charge in [0.25, 0.3) is 11.4 Å². The maximum Gasteiger partial charge on any atom is 0.271 e. The van der Waals surface area contributed by atoms with Gasteiger partial charge < -0.3 is 0 Å². The Labute approximate surface area is 272 Å². The van der Waals surface area contributed by atoms with Crippen LogP contribution in [-0.2, 0) is 0 Å². The van der Waals surface area contributed by atoms with E-state index in [0.29, 0.717) is 55.9 Å². The third-order valence-electron chi connectivity index (χ3n) is 8.19. The first kappa shape index (κ1) is 29.0. The zero-order valence-electron chi connectivity index (χ0n) is 24.3. The molecule has 48 heavy (non-hydrogen) atoms. The molecule has 1 aromatic heterocycles. The normalized spacial score (nSPS) is 13.6. The van der Waals surface area contributed by atoms with Crippen LogP contribution in [0.1, 0.15) is 28.1 Å². The molecule has 8 nitrogen and oxygen atoms in total. The minimum atomic E-state index is -0.687. The van der Waals surface area contributed by atoms with Crippen molar-refractivity contribution in [3.05, 3.63) is 158 Å². The minimum absolute atomic E-state index is 0.104. The summed E-state index contributed by atoms with van der Waals surface area (Å²) in [5.74, 6) is -1.37. The lowest BCUT2D eigenvalue weighted by molar-refractivity contribution is 0.624. The van der Waals surface area contributed by atoms with Crippen LogP contribution in [0.4, 0.5) is 14.5 Å². The van der Waals surface area contributed by atoms with E-state index in [2.05, 4.69) is 14.5 Å². The smallest absolute Gasteiger partial charge is 0.245 e. The molecule has 0 saturated carbocycles. The van der Waals surface area contributed by atoms with Crippen molar-refractivity contribution in [1.82, 2.24) is 9.97 Å². The second-order valence-corrected chi connectivity index (χ2v) is 10.6. The average molecular weight is 619 g/mol. The number of rotatable bonds is 2. The quantitative estimate of drug-likeness (QED) is 0.142. The van der Waals surface area contributed by atoms with Crippen molar-refractivity contribution in [1.29, 1.82) is 15.8 Å². The molecule has 0 unspecified atom stereocenters. The molecule has 0 bridgehead atoms. The highest BCUT2D eigenvalue weighted by Crippen LogP contribution is 2.51. The fraction of sp³-hybridized carbons (Fsp3) is 0. The van der Waals surface area contributed by atoms with Crippen molar-refractivity contribution in [2.45, 2.75) is 0 Å². The maximum atomic E-state index is 14.5. The Hall–Kier alpha value is -7.76. The Morgan fingerprint density at radius 2 is 1.02 bits per heavy atom.